The van der Waals surface area contributed by atoms with Crippen molar-refractivity contribution < 1.29 is 5.21 Å². The van der Waals surface area contributed by atoms with Crippen molar-refractivity contribution in [2.45, 2.75) is 25.2 Å². The van der Waals surface area contributed by atoms with Crippen LogP contribution in [-0.2, 0) is 0 Å². The molecule has 1 unspecified atom stereocenters. The predicted octanol–water partition coefficient (Wildman–Crippen LogP) is 2.78. The second kappa shape index (κ2) is 3.60. The van der Waals surface area contributed by atoms with Crippen LogP contribution in [0.5, 0.6) is 0 Å². The van der Waals surface area contributed by atoms with Gasteiger partial charge in [0.2, 0.25) is 0 Å². The molecule has 1 fully saturated rings. The van der Waals surface area contributed by atoms with Gasteiger partial charge in [-0.15, -0.1) is 0 Å². The van der Waals surface area contributed by atoms with Crippen molar-refractivity contribution in [1.29, 1.82) is 0 Å². The first-order chi connectivity index (χ1) is 6.42. The summed E-state index contributed by atoms with van der Waals surface area (Å²) in [6.45, 7) is 0. The highest BCUT2D eigenvalue weighted by Crippen LogP contribution is 2.31. The van der Waals surface area contributed by atoms with Gasteiger partial charge in [-0.1, -0.05) is 35.5 Å². The van der Waals surface area contributed by atoms with E-state index in [0.717, 1.165) is 25.0 Å². The zero-order valence-corrected chi connectivity index (χ0v) is 7.48. The third-order valence-corrected chi connectivity index (χ3v) is 2.66. The molecular formula is C11H13NO. The summed E-state index contributed by atoms with van der Waals surface area (Å²) in [7, 11) is 0. The molecule has 1 aromatic carbocycles. The molecule has 1 aromatic rings. The number of rotatable bonds is 1. The number of hydrogen-bond acceptors (Lipinski definition) is 2. The standard InChI is InChI=1S/C11H13NO/c13-12-11-8-4-7-10(11)9-5-2-1-3-6-9/h1-3,5-6,10,13H,4,7-8H2/b12-11-. The van der Waals surface area contributed by atoms with Crippen LogP contribution in [0.1, 0.15) is 30.7 Å². The third kappa shape index (κ3) is 1.57. The lowest BCUT2D eigenvalue weighted by molar-refractivity contribution is 0.316. The zero-order valence-electron chi connectivity index (χ0n) is 7.48. The van der Waals surface area contributed by atoms with Gasteiger partial charge in [-0.05, 0) is 24.8 Å². The van der Waals surface area contributed by atoms with E-state index in [2.05, 4.69) is 17.3 Å². The summed E-state index contributed by atoms with van der Waals surface area (Å²) in [4.78, 5) is 0. The summed E-state index contributed by atoms with van der Waals surface area (Å²) >= 11 is 0. The number of nitrogens with zero attached hydrogens (tertiary/aromatic N) is 1. The fourth-order valence-electron chi connectivity index (χ4n) is 1.99. The molecule has 68 valence electrons. The van der Waals surface area contributed by atoms with Gasteiger partial charge in [0, 0.05) is 5.92 Å². The van der Waals surface area contributed by atoms with Crippen LogP contribution >= 0.6 is 0 Å². The highest BCUT2D eigenvalue weighted by Gasteiger charge is 2.24. The topological polar surface area (TPSA) is 32.6 Å². The minimum absolute atomic E-state index is 0.353. The molecular weight excluding hydrogens is 162 g/mol. The average Bonchev–Trinajstić information content (AvgIpc) is 2.67. The lowest BCUT2D eigenvalue weighted by Gasteiger charge is -2.09. The highest BCUT2D eigenvalue weighted by molar-refractivity contribution is 5.92. The van der Waals surface area contributed by atoms with Crippen molar-refractivity contribution in [3.05, 3.63) is 35.9 Å². The Morgan fingerprint density at radius 2 is 2.00 bits per heavy atom. The second-order valence-corrected chi connectivity index (χ2v) is 3.45. The molecule has 0 aliphatic heterocycles. The molecule has 0 radical (unpaired) electrons. The molecule has 0 amide bonds. The molecule has 2 heteroatoms. The largest absolute Gasteiger partial charge is 0.411 e. The van der Waals surface area contributed by atoms with Gasteiger partial charge in [-0.25, -0.2) is 0 Å². The average molecular weight is 175 g/mol. The first kappa shape index (κ1) is 8.30. The van der Waals surface area contributed by atoms with Crippen molar-refractivity contribution >= 4 is 5.71 Å². The Hall–Kier alpha value is -1.31. The Labute approximate surface area is 77.9 Å². The highest BCUT2D eigenvalue weighted by atomic mass is 16.4. The molecule has 2 nitrogen and oxygen atoms in total. The molecule has 0 saturated heterocycles. The first-order valence-corrected chi connectivity index (χ1v) is 4.67. The molecule has 1 atom stereocenters. The van der Waals surface area contributed by atoms with Gasteiger partial charge < -0.3 is 5.21 Å². The van der Waals surface area contributed by atoms with Crippen LogP contribution in [0.15, 0.2) is 35.5 Å². The number of benzene rings is 1. The van der Waals surface area contributed by atoms with E-state index in [9.17, 15) is 0 Å². The normalized spacial score (nSPS) is 25.2. The quantitative estimate of drug-likeness (QED) is 0.516. The Morgan fingerprint density at radius 3 is 2.69 bits per heavy atom. The van der Waals surface area contributed by atoms with Crippen LogP contribution < -0.4 is 0 Å². The van der Waals surface area contributed by atoms with E-state index in [1.54, 1.807) is 0 Å². The third-order valence-electron chi connectivity index (χ3n) is 2.66. The van der Waals surface area contributed by atoms with Crippen LogP contribution in [0, 0.1) is 0 Å². The number of oxime groups is 1. The predicted molar refractivity (Wildman–Crippen MR) is 52.3 cm³/mol. The van der Waals surface area contributed by atoms with Gasteiger partial charge in [0.15, 0.2) is 0 Å². The van der Waals surface area contributed by atoms with Gasteiger partial charge in [0.25, 0.3) is 0 Å². The van der Waals surface area contributed by atoms with Crippen molar-refractivity contribution in [2.75, 3.05) is 0 Å². The summed E-state index contributed by atoms with van der Waals surface area (Å²) in [5.41, 5.74) is 2.21. The fourth-order valence-corrected chi connectivity index (χ4v) is 1.99. The maximum Gasteiger partial charge on any atom is 0.0645 e. The number of hydrogen-bond donors (Lipinski definition) is 1. The van der Waals surface area contributed by atoms with Gasteiger partial charge in [0.05, 0.1) is 5.71 Å². The summed E-state index contributed by atoms with van der Waals surface area (Å²) < 4.78 is 0. The van der Waals surface area contributed by atoms with E-state index >= 15 is 0 Å². The van der Waals surface area contributed by atoms with Crippen LogP contribution in [0.25, 0.3) is 0 Å². The second-order valence-electron chi connectivity index (χ2n) is 3.45. The summed E-state index contributed by atoms with van der Waals surface area (Å²) in [5, 5.41) is 12.1. The summed E-state index contributed by atoms with van der Waals surface area (Å²) in [6.07, 6.45) is 3.19. The molecule has 1 saturated carbocycles. The van der Waals surface area contributed by atoms with E-state index in [-0.39, 0.29) is 0 Å². The van der Waals surface area contributed by atoms with Gasteiger partial charge >= 0.3 is 0 Å². The monoisotopic (exact) mass is 175 g/mol. The van der Waals surface area contributed by atoms with E-state index in [0.29, 0.717) is 5.92 Å². The summed E-state index contributed by atoms with van der Waals surface area (Å²) in [5.74, 6) is 0.353. The van der Waals surface area contributed by atoms with Crippen molar-refractivity contribution in [1.82, 2.24) is 0 Å². The van der Waals surface area contributed by atoms with Gasteiger partial charge in [-0.2, -0.15) is 0 Å². The minimum Gasteiger partial charge on any atom is -0.411 e. The van der Waals surface area contributed by atoms with Crippen LogP contribution in [0.4, 0.5) is 0 Å². The van der Waals surface area contributed by atoms with Crippen LogP contribution in [-0.4, -0.2) is 10.9 Å². The van der Waals surface area contributed by atoms with Crippen LogP contribution in [0.2, 0.25) is 0 Å². The van der Waals surface area contributed by atoms with E-state index in [4.69, 9.17) is 5.21 Å². The van der Waals surface area contributed by atoms with Gasteiger partial charge in [0.1, 0.15) is 0 Å². The Kier molecular flexibility index (Phi) is 2.30. The van der Waals surface area contributed by atoms with Crippen molar-refractivity contribution in [3.63, 3.8) is 0 Å². The molecule has 1 aliphatic rings. The Morgan fingerprint density at radius 1 is 1.23 bits per heavy atom. The smallest absolute Gasteiger partial charge is 0.0645 e. The van der Waals surface area contributed by atoms with Crippen molar-refractivity contribution in [2.24, 2.45) is 5.16 Å². The van der Waals surface area contributed by atoms with E-state index < -0.39 is 0 Å². The molecule has 13 heavy (non-hydrogen) atoms. The maximum absolute atomic E-state index is 8.79. The minimum atomic E-state index is 0.353. The van der Waals surface area contributed by atoms with E-state index in [1.165, 1.54) is 5.56 Å². The molecule has 1 aliphatic carbocycles. The SMILES string of the molecule is O/N=C1/CCCC1c1ccccc1. The molecule has 0 aromatic heterocycles. The fraction of sp³-hybridized carbons (Fsp3) is 0.364. The lowest BCUT2D eigenvalue weighted by Crippen LogP contribution is -2.04. The molecule has 0 heterocycles. The lowest BCUT2D eigenvalue weighted by atomic mass is 9.97. The van der Waals surface area contributed by atoms with E-state index in [1.807, 2.05) is 18.2 Å². The van der Waals surface area contributed by atoms with Gasteiger partial charge in [-0.3, -0.25) is 0 Å². The Bertz CT molecular complexity index is 305. The molecule has 2 rings (SSSR count). The zero-order chi connectivity index (χ0) is 9.10. The van der Waals surface area contributed by atoms with Crippen molar-refractivity contribution in [3.8, 4) is 0 Å². The first-order valence-electron chi connectivity index (χ1n) is 4.67. The summed E-state index contributed by atoms with van der Waals surface area (Å²) in [6, 6.07) is 10.3. The Balaban J connectivity index is 2.27. The maximum atomic E-state index is 8.79. The molecule has 0 spiro atoms. The molecule has 1 N–H and O–H groups in total. The molecule has 0 bridgehead atoms. The van der Waals surface area contributed by atoms with Crippen LogP contribution in [0.3, 0.4) is 0 Å².